The summed E-state index contributed by atoms with van der Waals surface area (Å²) in [6.45, 7) is 1.46. The smallest absolute Gasteiger partial charge is 0.254 e. The van der Waals surface area contributed by atoms with Crippen LogP contribution in [0.4, 0.5) is 5.95 Å². The van der Waals surface area contributed by atoms with Gasteiger partial charge in [-0.25, -0.2) is 19.9 Å². The largest absolute Gasteiger partial charge is 0.347 e. The van der Waals surface area contributed by atoms with E-state index in [4.69, 9.17) is 0 Å². The van der Waals surface area contributed by atoms with Crippen molar-refractivity contribution in [2.75, 3.05) is 18.0 Å². The first-order chi connectivity index (χ1) is 14.3. The highest BCUT2D eigenvalue weighted by molar-refractivity contribution is 5.93. The van der Waals surface area contributed by atoms with E-state index < -0.39 is 0 Å². The maximum absolute atomic E-state index is 12.5. The fraction of sp³-hybridized carbons (Fsp3) is 0.333. The number of hydrogen-bond acceptors (Lipinski definition) is 7. The van der Waals surface area contributed by atoms with Gasteiger partial charge < -0.3 is 10.2 Å². The molecule has 1 aliphatic carbocycles. The molecule has 1 unspecified atom stereocenters. The molecule has 2 aliphatic rings. The molecule has 0 spiro atoms. The van der Waals surface area contributed by atoms with Crippen LogP contribution in [0.5, 0.6) is 0 Å². The Labute approximate surface area is 168 Å². The van der Waals surface area contributed by atoms with E-state index in [9.17, 15) is 4.79 Å². The molecule has 0 radical (unpaired) electrons. The summed E-state index contributed by atoms with van der Waals surface area (Å²) in [5.41, 5.74) is 2.29. The average Bonchev–Trinajstić information content (AvgIpc) is 3.53. The van der Waals surface area contributed by atoms with Crippen molar-refractivity contribution >= 4 is 11.9 Å². The van der Waals surface area contributed by atoms with Crippen molar-refractivity contribution < 1.29 is 4.79 Å². The van der Waals surface area contributed by atoms with Gasteiger partial charge in [-0.3, -0.25) is 9.78 Å². The van der Waals surface area contributed by atoms with E-state index in [0.29, 0.717) is 24.0 Å². The molecule has 1 amide bonds. The Bertz CT molecular complexity index is 1010. The standard InChI is InChI=1S/C21H21N7O/c29-20(16-11-24-19(25-12-16)14-3-4-14)26-17-6-9-28(13-17)21-23-8-5-18(27-21)15-2-1-7-22-10-15/h1-2,5,7-8,10-12,14,17H,3-4,6,9,13H2,(H,26,29). The van der Waals surface area contributed by atoms with Crippen molar-refractivity contribution in [2.45, 2.75) is 31.2 Å². The van der Waals surface area contributed by atoms with Crippen molar-refractivity contribution in [3.05, 3.63) is 60.6 Å². The third-order valence-corrected chi connectivity index (χ3v) is 5.28. The van der Waals surface area contributed by atoms with Crippen LogP contribution < -0.4 is 10.2 Å². The Balaban J connectivity index is 1.23. The number of aromatic nitrogens is 5. The van der Waals surface area contributed by atoms with Crippen molar-refractivity contribution in [3.63, 3.8) is 0 Å². The molecule has 1 saturated heterocycles. The Hall–Kier alpha value is -3.42. The van der Waals surface area contributed by atoms with Crippen molar-refractivity contribution in [1.29, 1.82) is 0 Å². The maximum Gasteiger partial charge on any atom is 0.254 e. The molecule has 8 nitrogen and oxygen atoms in total. The second kappa shape index (κ2) is 7.54. The van der Waals surface area contributed by atoms with Gasteiger partial charge in [0.2, 0.25) is 5.95 Å². The van der Waals surface area contributed by atoms with Gasteiger partial charge in [0.1, 0.15) is 5.82 Å². The number of pyridine rings is 1. The summed E-state index contributed by atoms with van der Waals surface area (Å²) in [7, 11) is 0. The van der Waals surface area contributed by atoms with Crippen molar-refractivity contribution in [2.24, 2.45) is 0 Å². The number of nitrogens with one attached hydrogen (secondary N) is 1. The van der Waals surface area contributed by atoms with Crippen LogP contribution in [-0.2, 0) is 0 Å². The number of amides is 1. The Morgan fingerprint density at radius 1 is 1.03 bits per heavy atom. The lowest BCUT2D eigenvalue weighted by atomic mass is 10.2. The first-order valence-corrected chi connectivity index (χ1v) is 9.87. The number of anilines is 1. The normalized spacial score (nSPS) is 18.6. The summed E-state index contributed by atoms with van der Waals surface area (Å²) in [4.78, 5) is 36.5. The minimum absolute atomic E-state index is 0.0382. The number of hydrogen-bond donors (Lipinski definition) is 1. The second-order valence-electron chi connectivity index (χ2n) is 7.49. The lowest BCUT2D eigenvalue weighted by Gasteiger charge is -2.17. The predicted octanol–water partition coefficient (Wildman–Crippen LogP) is 2.21. The van der Waals surface area contributed by atoms with E-state index in [1.54, 1.807) is 31.0 Å². The highest BCUT2D eigenvalue weighted by Crippen LogP contribution is 2.37. The summed E-state index contributed by atoms with van der Waals surface area (Å²) in [6.07, 6.45) is 11.7. The summed E-state index contributed by atoms with van der Waals surface area (Å²) >= 11 is 0. The fourth-order valence-electron chi connectivity index (χ4n) is 3.51. The van der Waals surface area contributed by atoms with E-state index >= 15 is 0 Å². The number of carbonyl (C=O) groups is 1. The highest BCUT2D eigenvalue weighted by Gasteiger charge is 2.28. The molecular weight excluding hydrogens is 366 g/mol. The zero-order valence-corrected chi connectivity index (χ0v) is 15.9. The average molecular weight is 387 g/mol. The monoisotopic (exact) mass is 387 g/mol. The van der Waals surface area contributed by atoms with Gasteiger partial charge in [-0.15, -0.1) is 0 Å². The Morgan fingerprint density at radius 2 is 1.90 bits per heavy atom. The molecule has 3 aromatic heterocycles. The number of nitrogens with zero attached hydrogens (tertiary/aromatic N) is 6. The molecule has 1 saturated carbocycles. The summed E-state index contributed by atoms with van der Waals surface area (Å²) in [5.74, 6) is 1.86. The van der Waals surface area contributed by atoms with Gasteiger partial charge in [0.25, 0.3) is 5.91 Å². The molecule has 0 aromatic carbocycles. The molecule has 1 N–H and O–H groups in total. The third kappa shape index (κ3) is 3.91. The first-order valence-electron chi connectivity index (χ1n) is 9.87. The van der Waals surface area contributed by atoms with Crippen LogP contribution in [0.2, 0.25) is 0 Å². The molecule has 29 heavy (non-hydrogen) atoms. The minimum Gasteiger partial charge on any atom is -0.347 e. The van der Waals surface area contributed by atoms with Crippen molar-refractivity contribution in [3.8, 4) is 11.3 Å². The predicted molar refractivity (Wildman–Crippen MR) is 107 cm³/mol. The van der Waals surface area contributed by atoms with Gasteiger partial charge in [-0.1, -0.05) is 0 Å². The minimum atomic E-state index is -0.135. The number of carbonyl (C=O) groups excluding carboxylic acids is 1. The molecule has 146 valence electrons. The lowest BCUT2D eigenvalue weighted by Crippen LogP contribution is -2.37. The van der Waals surface area contributed by atoms with Gasteiger partial charge in [0.05, 0.1) is 11.3 Å². The quantitative estimate of drug-likeness (QED) is 0.717. The SMILES string of the molecule is O=C(NC1CCN(c2nccc(-c3cccnc3)n2)C1)c1cnc(C2CC2)nc1. The van der Waals surface area contributed by atoms with Gasteiger partial charge in [0, 0.05) is 61.6 Å². The first kappa shape index (κ1) is 17.7. The van der Waals surface area contributed by atoms with E-state index in [0.717, 1.165) is 42.9 Å². The summed E-state index contributed by atoms with van der Waals surface area (Å²) < 4.78 is 0. The summed E-state index contributed by atoms with van der Waals surface area (Å²) in [6, 6.07) is 5.78. The van der Waals surface area contributed by atoms with Crippen LogP contribution in [0.15, 0.2) is 49.2 Å². The molecular formula is C21H21N7O. The van der Waals surface area contributed by atoms with Gasteiger partial charge in [0.15, 0.2) is 0 Å². The van der Waals surface area contributed by atoms with Gasteiger partial charge in [-0.05, 0) is 37.5 Å². The third-order valence-electron chi connectivity index (χ3n) is 5.28. The van der Waals surface area contributed by atoms with Gasteiger partial charge >= 0.3 is 0 Å². The van der Waals surface area contributed by atoms with Crippen LogP contribution in [-0.4, -0.2) is 50.0 Å². The number of rotatable bonds is 5. The van der Waals surface area contributed by atoms with Crippen LogP contribution in [0.3, 0.4) is 0 Å². The summed E-state index contributed by atoms with van der Waals surface area (Å²) in [5, 5.41) is 3.08. The molecule has 3 aromatic rings. The van der Waals surface area contributed by atoms with Crippen LogP contribution in [0, 0.1) is 0 Å². The molecule has 5 rings (SSSR count). The van der Waals surface area contributed by atoms with E-state index in [-0.39, 0.29) is 11.9 Å². The van der Waals surface area contributed by atoms with Crippen LogP contribution >= 0.6 is 0 Å². The van der Waals surface area contributed by atoms with Crippen LogP contribution in [0.25, 0.3) is 11.3 Å². The van der Waals surface area contributed by atoms with E-state index in [2.05, 4.69) is 35.1 Å². The van der Waals surface area contributed by atoms with E-state index in [1.807, 2.05) is 18.2 Å². The Kier molecular flexibility index (Phi) is 4.59. The zero-order chi connectivity index (χ0) is 19.6. The molecule has 1 aliphatic heterocycles. The molecule has 8 heteroatoms. The van der Waals surface area contributed by atoms with Gasteiger partial charge in [-0.2, -0.15) is 0 Å². The topological polar surface area (TPSA) is 96.8 Å². The molecule has 2 fully saturated rings. The zero-order valence-electron chi connectivity index (χ0n) is 15.9. The molecule has 4 heterocycles. The van der Waals surface area contributed by atoms with Crippen LogP contribution in [0.1, 0.15) is 41.4 Å². The van der Waals surface area contributed by atoms with E-state index in [1.165, 1.54) is 0 Å². The second-order valence-corrected chi connectivity index (χ2v) is 7.49. The molecule has 1 atom stereocenters. The Morgan fingerprint density at radius 3 is 2.66 bits per heavy atom. The van der Waals surface area contributed by atoms with Crippen molar-refractivity contribution in [1.82, 2.24) is 30.2 Å². The highest BCUT2D eigenvalue weighted by atomic mass is 16.1. The fourth-order valence-corrected chi connectivity index (χ4v) is 3.51. The lowest BCUT2D eigenvalue weighted by molar-refractivity contribution is 0.0939. The maximum atomic E-state index is 12.5. The molecule has 0 bridgehead atoms.